The number of hydrogen-bond donors (Lipinski definition) is 0. The fraction of sp³-hybridized carbons (Fsp3) is 0.0571. The van der Waals surface area contributed by atoms with Gasteiger partial charge in [-0.15, -0.1) is 0 Å². The second kappa shape index (κ2) is 16.6. The zero-order valence-electron chi connectivity index (χ0n) is 39.1. The number of hydrogen-bond acceptors (Lipinski definition) is 0. The Kier molecular flexibility index (Phi) is 9.85. The van der Waals surface area contributed by atoms with Crippen molar-refractivity contribution in [3.63, 3.8) is 0 Å². The van der Waals surface area contributed by atoms with Crippen molar-refractivity contribution in [1.29, 1.82) is 0 Å². The maximum atomic E-state index is 2.34. The highest BCUT2D eigenvalue weighted by molar-refractivity contribution is 5.95. The monoisotopic (exact) mass is 890 g/mol. The molecule has 0 bridgehead atoms. The zero-order valence-corrected chi connectivity index (χ0v) is 39.1. The molecule has 0 N–H and O–H groups in total. The Morgan fingerprint density at radius 2 is 0.357 bits per heavy atom. The van der Waals surface area contributed by atoms with E-state index < -0.39 is 0 Å². The van der Waals surface area contributed by atoms with Gasteiger partial charge in [-0.3, -0.25) is 0 Å². The summed E-state index contributed by atoms with van der Waals surface area (Å²) >= 11 is 0. The van der Waals surface area contributed by atoms with Crippen molar-refractivity contribution >= 4 is 0 Å². The molecule has 0 saturated heterocycles. The molecule has 70 heavy (non-hydrogen) atoms. The second-order valence-electron chi connectivity index (χ2n) is 19.1. The van der Waals surface area contributed by atoms with Gasteiger partial charge in [0.25, 0.3) is 0 Å². The molecule has 0 amide bonds. The predicted octanol–water partition coefficient (Wildman–Crippen LogP) is 17.1. The molecule has 0 unspecified atom stereocenters. The average Bonchev–Trinajstić information content (AvgIpc) is 4.12. The van der Waals surface area contributed by atoms with Crippen LogP contribution in [0.1, 0.15) is 68.1 Å². The first-order chi connectivity index (χ1) is 34.7. The van der Waals surface area contributed by atoms with E-state index in [4.69, 9.17) is 0 Å². The van der Waals surface area contributed by atoms with Crippen LogP contribution in [0.15, 0.2) is 285 Å². The van der Waals surface area contributed by atoms with Crippen LogP contribution in [0.2, 0.25) is 0 Å². The highest BCUT2D eigenvalue weighted by Gasteiger charge is 2.51. The minimum atomic E-state index is -0.254. The molecule has 330 valence electrons. The van der Waals surface area contributed by atoms with Crippen molar-refractivity contribution in [1.82, 2.24) is 0 Å². The summed E-state index contributed by atoms with van der Waals surface area (Å²) in [6.45, 7) is 2.34. The van der Waals surface area contributed by atoms with Crippen molar-refractivity contribution < 1.29 is 0 Å². The molecule has 0 aromatic heterocycles. The smallest absolute Gasteiger partial charge is 0.0622 e. The summed E-state index contributed by atoms with van der Waals surface area (Å²) in [5, 5.41) is 0. The van der Waals surface area contributed by atoms with E-state index in [1.807, 2.05) is 0 Å². The lowest BCUT2D eigenvalue weighted by atomic mass is 9.68. The average molecular weight is 891 g/mol. The molecule has 4 aliphatic rings. The van der Waals surface area contributed by atoms with Crippen molar-refractivity contribution in [3.8, 4) is 44.5 Å². The van der Waals surface area contributed by atoms with Gasteiger partial charge in [0.15, 0.2) is 0 Å². The highest BCUT2D eigenvalue weighted by Crippen LogP contribution is 2.63. The number of rotatable bonds is 3. The van der Waals surface area contributed by atoms with E-state index in [1.54, 1.807) is 0 Å². The third-order valence-corrected chi connectivity index (χ3v) is 15.8. The van der Waals surface area contributed by atoms with E-state index in [0.29, 0.717) is 0 Å². The van der Waals surface area contributed by atoms with E-state index in [-0.39, 0.29) is 16.2 Å². The molecule has 1 spiro atoms. The number of fused-ring (bicyclic) bond motifs is 16. The first-order valence-electron chi connectivity index (χ1n) is 24.6. The van der Waals surface area contributed by atoms with Crippen molar-refractivity contribution in [3.05, 3.63) is 346 Å². The highest BCUT2D eigenvalue weighted by atomic mass is 14.5. The Bertz CT molecular complexity index is 3290. The molecule has 11 aromatic rings. The van der Waals surface area contributed by atoms with Crippen LogP contribution in [0.25, 0.3) is 44.5 Å². The van der Waals surface area contributed by atoms with Crippen LogP contribution in [0.3, 0.4) is 0 Å². The van der Waals surface area contributed by atoms with Gasteiger partial charge in [-0.1, -0.05) is 285 Å². The lowest BCUT2D eigenvalue weighted by Crippen LogP contribution is -2.28. The summed E-state index contributed by atoms with van der Waals surface area (Å²) < 4.78 is 0. The van der Waals surface area contributed by atoms with Crippen LogP contribution in [-0.2, 0) is 16.2 Å². The van der Waals surface area contributed by atoms with E-state index in [2.05, 4.69) is 292 Å². The molecule has 0 saturated carbocycles. The topological polar surface area (TPSA) is 0 Å². The minimum absolute atomic E-state index is 0.0472. The van der Waals surface area contributed by atoms with Gasteiger partial charge in [0.05, 0.1) is 10.8 Å². The Hall–Kier alpha value is -8.58. The van der Waals surface area contributed by atoms with Crippen LogP contribution >= 0.6 is 0 Å². The molecule has 11 aromatic carbocycles. The lowest BCUT2D eigenvalue weighted by Gasteiger charge is -2.33. The van der Waals surface area contributed by atoms with Gasteiger partial charge in [-0.25, -0.2) is 0 Å². The maximum Gasteiger partial charge on any atom is 0.0725 e. The minimum Gasteiger partial charge on any atom is -0.0622 e. The molecule has 0 heteroatoms. The first kappa shape index (κ1) is 41.6. The van der Waals surface area contributed by atoms with Gasteiger partial charge in [0, 0.05) is 5.41 Å². The van der Waals surface area contributed by atoms with E-state index >= 15 is 0 Å². The standard InChI is InChI=1S/C25H16.C25H18.C20H16/c1-5-13-21-17(9-1)18-10-2-6-14-22(18)25(21)23-15-7-3-11-19(23)20-12-4-8-16-24(20)25;1-3-11-19(12-4-1)25(20-13-5-2-6-14-20)23-17-9-7-15-21(23)22-16-8-10-18-24(22)25;1-20(15-9-3-2-4-10-15)18-13-7-5-11-16(18)17-12-6-8-14-19(17)20/h1-16H;1-18H;2-14H,1H3. The third-order valence-electron chi connectivity index (χ3n) is 15.8. The van der Waals surface area contributed by atoms with Gasteiger partial charge in [0.2, 0.25) is 0 Å². The zero-order chi connectivity index (χ0) is 46.7. The largest absolute Gasteiger partial charge is 0.0725 e. The second-order valence-corrected chi connectivity index (χ2v) is 19.1. The Balaban J connectivity index is 0.000000104. The van der Waals surface area contributed by atoms with Gasteiger partial charge in [-0.05, 0) is 113 Å². The Labute approximate surface area is 411 Å². The Morgan fingerprint density at radius 1 is 0.171 bits per heavy atom. The van der Waals surface area contributed by atoms with E-state index in [9.17, 15) is 0 Å². The first-order valence-corrected chi connectivity index (χ1v) is 24.6. The van der Waals surface area contributed by atoms with Crippen molar-refractivity contribution in [2.45, 2.75) is 23.2 Å². The molecule has 0 fully saturated rings. The maximum absolute atomic E-state index is 2.34. The lowest BCUT2D eigenvalue weighted by molar-refractivity contribution is 0.714. The van der Waals surface area contributed by atoms with Crippen LogP contribution in [0, 0.1) is 0 Å². The van der Waals surface area contributed by atoms with E-state index in [0.717, 1.165) is 0 Å². The van der Waals surface area contributed by atoms with Crippen LogP contribution in [-0.4, -0.2) is 0 Å². The molecule has 0 heterocycles. The SMILES string of the molecule is CC1(c2ccccc2)c2ccccc2-c2ccccc21.c1ccc(C2(c3ccccc3)c3ccccc3-c3ccccc32)cc1.c1ccc2c(c1)-c1ccccc1C21c2ccccc2-c2ccccc21. The van der Waals surface area contributed by atoms with Gasteiger partial charge in [0.1, 0.15) is 0 Å². The molecule has 0 aliphatic heterocycles. The molecular formula is C70H50. The third kappa shape index (κ3) is 5.90. The molecule has 0 atom stereocenters. The van der Waals surface area contributed by atoms with Crippen molar-refractivity contribution in [2.75, 3.05) is 0 Å². The summed E-state index contributed by atoms with van der Waals surface area (Å²) in [7, 11) is 0. The predicted molar refractivity (Wildman–Crippen MR) is 290 cm³/mol. The van der Waals surface area contributed by atoms with Gasteiger partial charge < -0.3 is 0 Å². The summed E-state index contributed by atoms with van der Waals surface area (Å²) in [6.07, 6.45) is 0. The fourth-order valence-corrected chi connectivity index (χ4v) is 13.0. The quantitative estimate of drug-likeness (QED) is 0.166. The summed E-state index contributed by atoms with van der Waals surface area (Å²) in [5.74, 6) is 0. The molecule has 0 radical (unpaired) electrons. The number of benzene rings is 11. The summed E-state index contributed by atoms with van der Waals surface area (Å²) in [5.41, 5.74) is 25.6. The van der Waals surface area contributed by atoms with Crippen LogP contribution < -0.4 is 0 Å². The molecule has 0 nitrogen and oxygen atoms in total. The van der Waals surface area contributed by atoms with Crippen molar-refractivity contribution in [2.24, 2.45) is 0 Å². The molecular weight excluding hydrogens is 841 g/mol. The Morgan fingerprint density at radius 3 is 0.629 bits per heavy atom. The summed E-state index contributed by atoms with van der Waals surface area (Å²) in [4.78, 5) is 0. The summed E-state index contributed by atoms with van der Waals surface area (Å²) in [6, 6.07) is 103. The molecule has 15 rings (SSSR count). The molecule has 4 aliphatic carbocycles. The van der Waals surface area contributed by atoms with Gasteiger partial charge in [-0.2, -0.15) is 0 Å². The fourth-order valence-electron chi connectivity index (χ4n) is 13.0. The van der Waals surface area contributed by atoms with Crippen LogP contribution in [0.5, 0.6) is 0 Å². The van der Waals surface area contributed by atoms with Gasteiger partial charge >= 0.3 is 0 Å². The normalized spacial score (nSPS) is 14.4. The van der Waals surface area contributed by atoms with E-state index in [1.165, 1.54) is 106 Å². The van der Waals surface area contributed by atoms with Crippen LogP contribution in [0.4, 0.5) is 0 Å².